The van der Waals surface area contributed by atoms with Crippen LogP contribution in [-0.2, 0) is 36.8 Å². The van der Waals surface area contributed by atoms with Crippen LogP contribution < -0.4 is 25.9 Å². The summed E-state index contributed by atoms with van der Waals surface area (Å²) in [6.07, 6.45) is 5.49. The minimum atomic E-state index is -1.14. The fourth-order valence-electron chi connectivity index (χ4n) is 6.55. The Bertz CT molecular complexity index is 1590. The van der Waals surface area contributed by atoms with E-state index < -0.39 is 47.9 Å². The third kappa shape index (κ3) is 8.30. The number of unbranched alkanes of at least 4 members (excludes halogenated alkanes) is 2. The van der Waals surface area contributed by atoms with Crippen LogP contribution in [0.15, 0.2) is 60.8 Å². The SMILES string of the molecule is COn1cc(C[C@@H]2NC(=O)[C@H](CCCCCC(=O)[O-])NC(=O)[C@H]3CCCCN3C(=O)[C@H](Cc3ccccc3)NC2=O)c2ccccc21. The fraction of sp³-hybridized carbons (Fsp3) is 0.457. The molecule has 2 fully saturated rings. The summed E-state index contributed by atoms with van der Waals surface area (Å²) in [6, 6.07) is 13.1. The van der Waals surface area contributed by atoms with Crippen molar-refractivity contribution in [1.82, 2.24) is 25.6 Å². The molecule has 5 rings (SSSR count). The number of carboxylic acids is 1. The summed E-state index contributed by atoms with van der Waals surface area (Å²) < 4.78 is 1.59. The van der Waals surface area contributed by atoms with Gasteiger partial charge in [-0.2, -0.15) is 4.73 Å². The zero-order chi connectivity index (χ0) is 33.3. The summed E-state index contributed by atoms with van der Waals surface area (Å²) >= 11 is 0. The Balaban J connectivity index is 1.48. The average Bonchev–Trinajstić information content (AvgIpc) is 3.43. The van der Waals surface area contributed by atoms with Crippen molar-refractivity contribution in [3.8, 4) is 0 Å². The minimum Gasteiger partial charge on any atom is -0.550 e. The van der Waals surface area contributed by atoms with Gasteiger partial charge in [0.15, 0.2) is 0 Å². The molecule has 1 aromatic heterocycles. The van der Waals surface area contributed by atoms with Crippen molar-refractivity contribution in [2.45, 2.75) is 88.4 Å². The number of hydrogen-bond acceptors (Lipinski definition) is 7. The number of carbonyl (C=O) groups excluding carboxylic acids is 5. The lowest BCUT2D eigenvalue weighted by Crippen LogP contribution is -2.63. The topological polar surface area (TPSA) is 162 Å². The van der Waals surface area contributed by atoms with Gasteiger partial charge in [0.25, 0.3) is 0 Å². The molecule has 12 heteroatoms. The van der Waals surface area contributed by atoms with Gasteiger partial charge in [0.1, 0.15) is 31.3 Å². The molecule has 4 amide bonds. The molecule has 2 aromatic carbocycles. The van der Waals surface area contributed by atoms with Crippen molar-refractivity contribution >= 4 is 40.5 Å². The number of aliphatic carboxylic acids is 1. The Hall–Kier alpha value is -4.87. The van der Waals surface area contributed by atoms with E-state index in [1.54, 1.807) is 15.8 Å². The number of amides is 4. The van der Waals surface area contributed by atoms with Gasteiger partial charge < -0.3 is 35.6 Å². The molecular formula is C35H42N5O7-. The van der Waals surface area contributed by atoms with Crippen LogP contribution in [0.25, 0.3) is 10.9 Å². The van der Waals surface area contributed by atoms with Crippen LogP contribution in [0.3, 0.4) is 0 Å². The van der Waals surface area contributed by atoms with Gasteiger partial charge in [-0.1, -0.05) is 61.4 Å². The van der Waals surface area contributed by atoms with E-state index in [0.29, 0.717) is 32.2 Å². The highest BCUT2D eigenvalue weighted by atomic mass is 16.6. The molecule has 0 unspecified atom stereocenters. The highest BCUT2D eigenvalue weighted by Gasteiger charge is 2.39. The molecule has 0 spiro atoms. The van der Waals surface area contributed by atoms with Crippen molar-refractivity contribution in [2.75, 3.05) is 13.7 Å². The molecule has 250 valence electrons. The molecule has 2 saturated heterocycles. The zero-order valence-corrected chi connectivity index (χ0v) is 26.6. The lowest BCUT2D eigenvalue weighted by atomic mass is 9.96. The number of aromatic nitrogens is 1. The number of piperidine rings is 1. The molecule has 0 radical (unpaired) electrons. The van der Waals surface area contributed by atoms with Crippen LogP contribution in [-0.4, -0.2) is 77.1 Å². The first-order valence-electron chi connectivity index (χ1n) is 16.3. The van der Waals surface area contributed by atoms with Crippen LogP contribution in [0.1, 0.15) is 62.5 Å². The van der Waals surface area contributed by atoms with Gasteiger partial charge in [0, 0.05) is 36.9 Å². The third-order valence-electron chi connectivity index (χ3n) is 9.01. The number of nitrogens with zero attached hydrogens (tertiary/aromatic N) is 2. The summed E-state index contributed by atoms with van der Waals surface area (Å²) in [5.41, 5.74) is 2.39. The number of carbonyl (C=O) groups is 5. The molecule has 0 aliphatic carbocycles. The molecule has 3 N–H and O–H groups in total. The minimum absolute atomic E-state index is 0.0934. The lowest BCUT2D eigenvalue weighted by Gasteiger charge is -2.38. The zero-order valence-electron chi connectivity index (χ0n) is 26.6. The van der Waals surface area contributed by atoms with Gasteiger partial charge in [0.2, 0.25) is 23.6 Å². The van der Waals surface area contributed by atoms with E-state index in [1.807, 2.05) is 54.6 Å². The molecule has 2 aliphatic heterocycles. The van der Waals surface area contributed by atoms with Gasteiger partial charge >= 0.3 is 0 Å². The first-order chi connectivity index (χ1) is 22.7. The fourth-order valence-corrected chi connectivity index (χ4v) is 6.55. The Morgan fingerprint density at radius 3 is 2.30 bits per heavy atom. The number of hydrogen-bond donors (Lipinski definition) is 3. The smallest absolute Gasteiger partial charge is 0.246 e. The molecule has 12 nitrogen and oxygen atoms in total. The van der Waals surface area contributed by atoms with E-state index in [0.717, 1.165) is 34.9 Å². The molecule has 0 saturated carbocycles. The summed E-state index contributed by atoms with van der Waals surface area (Å²) in [5, 5.41) is 20.4. The van der Waals surface area contributed by atoms with E-state index in [1.165, 1.54) is 7.11 Å². The summed E-state index contributed by atoms with van der Waals surface area (Å²) in [7, 11) is 1.54. The van der Waals surface area contributed by atoms with Crippen LogP contribution in [0.2, 0.25) is 0 Å². The molecule has 0 bridgehead atoms. The Labute approximate surface area is 273 Å². The van der Waals surface area contributed by atoms with E-state index in [-0.39, 0.29) is 31.6 Å². The highest BCUT2D eigenvalue weighted by molar-refractivity contribution is 5.98. The van der Waals surface area contributed by atoms with Crippen LogP contribution in [0, 0.1) is 0 Å². The third-order valence-corrected chi connectivity index (χ3v) is 9.01. The maximum atomic E-state index is 14.2. The van der Waals surface area contributed by atoms with Crippen molar-refractivity contribution < 1.29 is 33.9 Å². The van der Waals surface area contributed by atoms with Gasteiger partial charge in [-0.05, 0) is 55.7 Å². The van der Waals surface area contributed by atoms with Crippen molar-refractivity contribution in [3.05, 3.63) is 71.9 Å². The lowest BCUT2D eigenvalue weighted by molar-refractivity contribution is -0.305. The average molecular weight is 645 g/mol. The predicted molar refractivity (Wildman–Crippen MR) is 172 cm³/mol. The van der Waals surface area contributed by atoms with Gasteiger partial charge in [-0.25, -0.2) is 0 Å². The Morgan fingerprint density at radius 2 is 1.53 bits per heavy atom. The van der Waals surface area contributed by atoms with Crippen LogP contribution >= 0.6 is 0 Å². The quantitative estimate of drug-likeness (QED) is 0.263. The number of nitrogens with one attached hydrogen (secondary N) is 3. The highest BCUT2D eigenvalue weighted by Crippen LogP contribution is 2.24. The number of benzene rings is 2. The number of fused-ring (bicyclic) bond motifs is 2. The van der Waals surface area contributed by atoms with Gasteiger partial charge in [0.05, 0.1) is 5.52 Å². The van der Waals surface area contributed by atoms with Gasteiger partial charge in [-0.15, -0.1) is 0 Å². The van der Waals surface area contributed by atoms with Crippen LogP contribution in [0.5, 0.6) is 0 Å². The molecular weight excluding hydrogens is 602 g/mol. The monoisotopic (exact) mass is 644 g/mol. The maximum Gasteiger partial charge on any atom is 0.246 e. The second-order valence-electron chi connectivity index (χ2n) is 12.3. The molecule has 3 heterocycles. The normalized spacial score (nSPS) is 22.4. The van der Waals surface area contributed by atoms with E-state index >= 15 is 0 Å². The van der Waals surface area contributed by atoms with Crippen LogP contribution in [0.4, 0.5) is 0 Å². The van der Waals surface area contributed by atoms with Crippen molar-refractivity contribution in [2.24, 2.45) is 0 Å². The predicted octanol–water partition coefficient (Wildman–Crippen LogP) is 1.03. The number of carboxylic acid groups (broad SMARTS) is 1. The standard InChI is InChI=1S/C35H43N5O7/c1-47-40-22-24(25-14-8-9-16-29(25)40)21-27-33(44)38-28(20-23-12-4-2-5-13-23)35(46)39-19-11-10-17-30(39)34(45)36-26(32(43)37-27)15-6-3-7-18-31(41)42/h2,4-5,8-9,12-14,16,22,26-28,30H,3,6-7,10-11,15,17-21H2,1H3,(H,36,45)(H,37,43)(H,38,44)(H,41,42)/p-1/t26-,27-,28-,30+/m0/s1. The second kappa shape index (κ2) is 15.6. The van der Waals surface area contributed by atoms with E-state index in [9.17, 15) is 29.1 Å². The Morgan fingerprint density at radius 1 is 0.830 bits per heavy atom. The summed E-state index contributed by atoms with van der Waals surface area (Å²) in [4.78, 5) is 73.9. The van der Waals surface area contributed by atoms with E-state index in [2.05, 4.69) is 16.0 Å². The maximum absolute atomic E-state index is 14.2. The first-order valence-corrected chi connectivity index (χ1v) is 16.3. The van der Waals surface area contributed by atoms with Gasteiger partial charge in [-0.3, -0.25) is 19.2 Å². The molecule has 4 atom stereocenters. The molecule has 3 aromatic rings. The van der Waals surface area contributed by atoms with Crippen molar-refractivity contribution in [1.29, 1.82) is 0 Å². The first kappa shape index (κ1) is 33.5. The molecule has 47 heavy (non-hydrogen) atoms. The summed E-state index contributed by atoms with van der Waals surface area (Å²) in [5.74, 6) is -2.95. The number of para-hydroxylation sites is 1. The molecule has 2 aliphatic rings. The van der Waals surface area contributed by atoms with E-state index in [4.69, 9.17) is 4.84 Å². The summed E-state index contributed by atoms with van der Waals surface area (Å²) in [6.45, 7) is 0.359. The number of rotatable bonds is 11. The second-order valence-corrected chi connectivity index (χ2v) is 12.3. The van der Waals surface area contributed by atoms with Crippen molar-refractivity contribution in [3.63, 3.8) is 0 Å². The largest absolute Gasteiger partial charge is 0.550 e. The Kier molecular flexibility index (Phi) is 11.1.